The number of likely N-dealkylation sites (tertiary alicyclic amines) is 1. The van der Waals surface area contributed by atoms with Crippen LogP contribution in [0.5, 0.6) is 0 Å². The maximum absolute atomic E-state index is 12.1. The van der Waals surface area contributed by atoms with Crippen LogP contribution in [0.1, 0.15) is 39.0 Å². The lowest BCUT2D eigenvalue weighted by atomic mass is 9.95. The van der Waals surface area contributed by atoms with E-state index in [1.807, 2.05) is 0 Å². The number of hydrogen-bond donors (Lipinski definition) is 3. The smallest absolute Gasteiger partial charge is 0.407 e. The lowest BCUT2D eigenvalue weighted by Crippen LogP contribution is -2.52. The number of nitrogens with one attached hydrogen (secondary N) is 1. The van der Waals surface area contributed by atoms with Crippen LogP contribution in [0.25, 0.3) is 0 Å². The number of carboxylic acid groups (broad SMARTS) is 1. The fourth-order valence-electron chi connectivity index (χ4n) is 3.56. The molecule has 1 amide bonds. The zero-order chi connectivity index (χ0) is 18.8. The lowest BCUT2D eigenvalue weighted by Gasteiger charge is -2.31. The fraction of sp³-hybridized carbons (Fsp3) is 0.933. The number of nitrogens with zero attached hydrogens (tertiary/aromatic N) is 2. The van der Waals surface area contributed by atoms with Crippen LogP contribution in [0.15, 0.2) is 0 Å². The SMILES string of the molecule is C[C@@H]1C[C@H](NS(=O)(=O)N(C)C)[C@H](COC2CCC(O)CC2)N1C(=O)O. The Hall–Kier alpha value is -0.940. The summed E-state index contributed by atoms with van der Waals surface area (Å²) in [6.07, 6.45) is 1.80. The van der Waals surface area contributed by atoms with Crippen LogP contribution in [0.3, 0.4) is 0 Å². The molecule has 1 aliphatic heterocycles. The minimum Gasteiger partial charge on any atom is -0.465 e. The maximum Gasteiger partial charge on any atom is 0.407 e. The molecule has 2 rings (SSSR count). The van der Waals surface area contributed by atoms with Gasteiger partial charge in [-0.1, -0.05) is 0 Å². The molecule has 0 aromatic carbocycles. The van der Waals surface area contributed by atoms with E-state index in [1.54, 1.807) is 6.92 Å². The highest BCUT2D eigenvalue weighted by Crippen LogP contribution is 2.28. The molecule has 2 fully saturated rings. The van der Waals surface area contributed by atoms with Gasteiger partial charge in [0.2, 0.25) is 0 Å². The molecule has 2 aliphatic rings. The topological polar surface area (TPSA) is 119 Å². The van der Waals surface area contributed by atoms with Crippen LogP contribution < -0.4 is 4.72 Å². The van der Waals surface area contributed by atoms with E-state index in [-0.39, 0.29) is 24.9 Å². The summed E-state index contributed by atoms with van der Waals surface area (Å²) < 4.78 is 33.8. The van der Waals surface area contributed by atoms with Gasteiger partial charge < -0.3 is 14.9 Å². The van der Waals surface area contributed by atoms with E-state index in [1.165, 1.54) is 19.0 Å². The first kappa shape index (κ1) is 20.4. The summed E-state index contributed by atoms with van der Waals surface area (Å²) in [4.78, 5) is 12.9. The van der Waals surface area contributed by atoms with E-state index in [9.17, 15) is 23.4 Å². The Morgan fingerprint density at radius 3 is 2.40 bits per heavy atom. The van der Waals surface area contributed by atoms with Crippen LogP contribution in [-0.2, 0) is 14.9 Å². The average molecular weight is 379 g/mol. The Kier molecular flexibility index (Phi) is 6.66. The third-order valence-electron chi connectivity index (χ3n) is 5.04. The van der Waals surface area contributed by atoms with E-state index in [4.69, 9.17) is 4.74 Å². The number of aliphatic hydroxyl groups is 1. The lowest BCUT2D eigenvalue weighted by molar-refractivity contribution is -0.0248. The van der Waals surface area contributed by atoms with E-state index in [2.05, 4.69) is 4.72 Å². The largest absolute Gasteiger partial charge is 0.465 e. The van der Waals surface area contributed by atoms with Gasteiger partial charge >= 0.3 is 6.09 Å². The zero-order valence-electron chi connectivity index (χ0n) is 15.0. The third kappa shape index (κ3) is 5.04. The first-order chi connectivity index (χ1) is 11.6. The van der Waals surface area contributed by atoms with Gasteiger partial charge in [-0.2, -0.15) is 17.4 Å². The monoisotopic (exact) mass is 379 g/mol. The second-order valence-electron chi connectivity index (χ2n) is 7.12. The molecule has 25 heavy (non-hydrogen) atoms. The van der Waals surface area contributed by atoms with Gasteiger partial charge in [-0.3, -0.25) is 4.90 Å². The van der Waals surface area contributed by atoms with Crippen molar-refractivity contribution in [3.63, 3.8) is 0 Å². The number of aliphatic hydroxyl groups excluding tert-OH is 1. The molecule has 0 aromatic rings. The number of hydrogen-bond acceptors (Lipinski definition) is 5. The molecule has 0 radical (unpaired) electrons. The van der Waals surface area contributed by atoms with Gasteiger partial charge in [-0.25, -0.2) is 4.79 Å². The second kappa shape index (κ2) is 8.17. The molecule has 1 heterocycles. The second-order valence-corrected chi connectivity index (χ2v) is 9.03. The molecule has 0 spiro atoms. The summed E-state index contributed by atoms with van der Waals surface area (Å²) in [5, 5.41) is 19.1. The van der Waals surface area contributed by atoms with Crippen molar-refractivity contribution in [2.45, 2.75) is 69.4 Å². The molecule has 9 nitrogen and oxygen atoms in total. The molecular weight excluding hydrogens is 350 g/mol. The van der Waals surface area contributed by atoms with Gasteiger partial charge in [0.25, 0.3) is 10.2 Å². The molecule has 10 heteroatoms. The van der Waals surface area contributed by atoms with Crippen LogP contribution in [-0.4, -0.2) is 85.0 Å². The summed E-state index contributed by atoms with van der Waals surface area (Å²) in [6.45, 7) is 1.90. The van der Waals surface area contributed by atoms with Crippen molar-refractivity contribution in [1.82, 2.24) is 13.9 Å². The molecular formula is C15H29N3O6S. The van der Waals surface area contributed by atoms with Gasteiger partial charge in [-0.15, -0.1) is 0 Å². The highest BCUT2D eigenvalue weighted by molar-refractivity contribution is 7.87. The fourth-order valence-corrected chi connectivity index (χ4v) is 4.40. The first-order valence-corrected chi connectivity index (χ1v) is 10.1. The normalized spacial score (nSPS) is 33.8. The average Bonchev–Trinajstić information content (AvgIpc) is 2.81. The van der Waals surface area contributed by atoms with Crippen molar-refractivity contribution >= 4 is 16.3 Å². The van der Waals surface area contributed by atoms with Gasteiger partial charge in [0.1, 0.15) is 0 Å². The van der Waals surface area contributed by atoms with Gasteiger partial charge in [0, 0.05) is 26.2 Å². The minimum absolute atomic E-state index is 0.0268. The van der Waals surface area contributed by atoms with E-state index >= 15 is 0 Å². The summed E-state index contributed by atoms with van der Waals surface area (Å²) in [6, 6.07) is -1.41. The molecule has 0 bridgehead atoms. The van der Waals surface area contributed by atoms with E-state index in [0.717, 1.165) is 17.1 Å². The molecule has 1 saturated carbocycles. The van der Waals surface area contributed by atoms with Gasteiger partial charge in [0.05, 0.1) is 24.9 Å². The number of carbonyl (C=O) groups is 1. The van der Waals surface area contributed by atoms with Crippen LogP contribution in [0.4, 0.5) is 4.79 Å². The molecule has 0 aromatic heterocycles. The molecule has 146 valence electrons. The summed E-state index contributed by atoms with van der Waals surface area (Å²) >= 11 is 0. The molecule has 1 aliphatic carbocycles. The Bertz CT molecular complexity index is 562. The minimum atomic E-state index is -3.66. The predicted octanol–water partition coefficient (Wildman–Crippen LogP) is 0.212. The Morgan fingerprint density at radius 2 is 1.88 bits per heavy atom. The van der Waals surface area contributed by atoms with Crippen molar-refractivity contribution in [2.24, 2.45) is 0 Å². The standard InChI is InChI=1S/C15H29N3O6S/c1-10-8-13(16-25(22,23)17(2)3)14(18(10)15(20)21)9-24-12-6-4-11(19)5-7-12/h10-14,16,19H,4-9H2,1-3H3,(H,20,21)/t10-,11?,12?,13+,14+/m1/s1. The number of ether oxygens (including phenoxy) is 1. The van der Waals surface area contributed by atoms with Crippen molar-refractivity contribution in [1.29, 1.82) is 0 Å². The zero-order valence-corrected chi connectivity index (χ0v) is 15.8. The Balaban J connectivity index is 2.05. The van der Waals surface area contributed by atoms with Gasteiger partial charge in [0.15, 0.2) is 0 Å². The van der Waals surface area contributed by atoms with E-state index in [0.29, 0.717) is 19.3 Å². The number of rotatable bonds is 6. The molecule has 1 saturated heterocycles. The summed E-state index contributed by atoms with van der Waals surface area (Å²) in [5.41, 5.74) is 0. The summed E-state index contributed by atoms with van der Waals surface area (Å²) in [5.74, 6) is 0. The highest BCUT2D eigenvalue weighted by atomic mass is 32.2. The maximum atomic E-state index is 12.1. The summed E-state index contributed by atoms with van der Waals surface area (Å²) in [7, 11) is -0.812. The Morgan fingerprint density at radius 1 is 1.28 bits per heavy atom. The highest BCUT2D eigenvalue weighted by Gasteiger charge is 2.44. The molecule has 0 unspecified atom stereocenters. The number of amides is 1. The predicted molar refractivity (Wildman–Crippen MR) is 91.5 cm³/mol. The van der Waals surface area contributed by atoms with Crippen molar-refractivity contribution in [3.8, 4) is 0 Å². The van der Waals surface area contributed by atoms with Gasteiger partial charge in [-0.05, 0) is 39.0 Å². The molecule has 3 atom stereocenters. The van der Waals surface area contributed by atoms with Crippen molar-refractivity contribution in [3.05, 3.63) is 0 Å². The third-order valence-corrected chi connectivity index (χ3v) is 6.60. The van der Waals surface area contributed by atoms with E-state index < -0.39 is 28.4 Å². The molecule has 3 N–H and O–H groups in total. The van der Waals surface area contributed by atoms with Crippen LogP contribution in [0, 0.1) is 0 Å². The van der Waals surface area contributed by atoms with Crippen molar-refractivity contribution < 1.29 is 28.2 Å². The van der Waals surface area contributed by atoms with Crippen LogP contribution >= 0.6 is 0 Å². The van der Waals surface area contributed by atoms with Crippen LogP contribution in [0.2, 0.25) is 0 Å². The first-order valence-electron chi connectivity index (χ1n) is 8.62. The Labute approximate surface area is 149 Å². The van der Waals surface area contributed by atoms with Crippen molar-refractivity contribution in [2.75, 3.05) is 20.7 Å². The quantitative estimate of drug-likeness (QED) is 0.607.